The fourth-order valence-electron chi connectivity index (χ4n) is 2.55. The fraction of sp³-hybridized carbons (Fsp3) is 0.111. The Kier molecular flexibility index (Phi) is 3.40. The molecule has 21 heavy (non-hydrogen) atoms. The highest BCUT2D eigenvalue weighted by atomic mass is 16.1. The molecule has 0 aliphatic carbocycles. The van der Waals surface area contributed by atoms with E-state index >= 15 is 0 Å². The molecule has 0 saturated carbocycles. The first-order valence-corrected chi connectivity index (χ1v) is 6.87. The minimum atomic E-state index is -0.397. The predicted octanol–water partition coefficient (Wildman–Crippen LogP) is 3.23. The number of rotatable bonds is 3. The summed E-state index contributed by atoms with van der Waals surface area (Å²) >= 11 is 0. The third kappa shape index (κ3) is 2.77. The number of pyridine rings is 1. The first kappa shape index (κ1) is 13.3. The van der Waals surface area contributed by atoms with Gasteiger partial charge in [-0.05, 0) is 48.7 Å². The maximum absolute atomic E-state index is 11.1. The van der Waals surface area contributed by atoms with Crippen molar-refractivity contribution in [3.05, 3.63) is 77.0 Å². The van der Waals surface area contributed by atoms with Gasteiger partial charge in [-0.2, -0.15) is 0 Å². The van der Waals surface area contributed by atoms with Crippen molar-refractivity contribution in [2.45, 2.75) is 13.3 Å². The van der Waals surface area contributed by atoms with Gasteiger partial charge in [-0.3, -0.25) is 9.78 Å². The van der Waals surface area contributed by atoms with Crippen LogP contribution >= 0.6 is 0 Å². The van der Waals surface area contributed by atoms with Crippen LogP contribution in [-0.2, 0) is 6.42 Å². The third-order valence-electron chi connectivity index (χ3n) is 3.56. The molecule has 0 spiro atoms. The van der Waals surface area contributed by atoms with Gasteiger partial charge in [0.15, 0.2) is 0 Å². The van der Waals surface area contributed by atoms with Gasteiger partial charge in [0.2, 0.25) is 5.91 Å². The van der Waals surface area contributed by atoms with Crippen LogP contribution in [0.25, 0.3) is 10.9 Å². The minimum Gasteiger partial charge on any atom is -0.366 e. The molecular formula is C18H16N2O. The Bertz CT molecular complexity index is 807. The van der Waals surface area contributed by atoms with Gasteiger partial charge in [0.1, 0.15) is 0 Å². The van der Waals surface area contributed by atoms with Gasteiger partial charge >= 0.3 is 0 Å². The van der Waals surface area contributed by atoms with Crippen LogP contribution in [0.3, 0.4) is 0 Å². The monoisotopic (exact) mass is 276 g/mol. The van der Waals surface area contributed by atoms with Gasteiger partial charge in [-0.25, -0.2) is 0 Å². The predicted molar refractivity (Wildman–Crippen MR) is 84.2 cm³/mol. The molecule has 3 nitrogen and oxygen atoms in total. The third-order valence-corrected chi connectivity index (χ3v) is 3.56. The normalized spacial score (nSPS) is 10.7. The number of primary amides is 1. The van der Waals surface area contributed by atoms with Crippen molar-refractivity contribution in [2.24, 2.45) is 5.73 Å². The maximum atomic E-state index is 11.1. The second-order valence-electron chi connectivity index (χ2n) is 5.18. The second-order valence-corrected chi connectivity index (χ2v) is 5.18. The van der Waals surface area contributed by atoms with Crippen LogP contribution in [0.15, 0.2) is 54.6 Å². The van der Waals surface area contributed by atoms with E-state index in [2.05, 4.69) is 17.1 Å². The zero-order valence-electron chi connectivity index (χ0n) is 11.8. The number of para-hydroxylation sites is 1. The lowest BCUT2D eigenvalue weighted by atomic mass is 9.99. The molecule has 0 atom stereocenters. The molecule has 3 aromatic rings. The second kappa shape index (κ2) is 5.37. The standard InChI is InChI=1S/C18H16N2O/c1-12-10-15(16-4-2-3-5-17(16)20-12)11-13-6-8-14(9-7-13)18(19)21/h2-10H,11H2,1H3,(H2,19,21). The Balaban J connectivity index is 1.99. The van der Waals surface area contributed by atoms with Crippen LogP contribution < -0.4 is 5.73 Å². The number of aryl methyl sites for hydroxylation is 1. The van der Waals surface area contributed by atoms with E-state index in [1.54, 1.807) is 12.1 Å². The average Bonchev–Trinajstić information content (AvgIpc) is 2.47. The van der Waals surface area contributed by atoms with E-state index in [0.29, 0.717) is 5.56 Å². The number of hydrogen-bond acceptors (Lipinski definition) is 2. The van der Waals surface area contributed by atoms with Crippen LogP contribution in [-0.4, -0.2) is 10.9 Å². The van der Waals surface area contributed by atoms with E-state index in [-0.39, 0.29) is 0 Å². The molecule has 1 amide bonds. The summed E-state index contributed by atoms with van der Waals surface area (Å²) in [7, 11) is 0. The summed E-state index contributed by atoms with van der Waals surface area (Å²) in [5.74, 6) is -0.397. The van der Waals surface area contributed by atoms with Gasteiger partial charge < -0.3 is 5.73 Å². The van der Waals surface area contributed by atoms with Gasteiger partial charge in [0.05, 0.1) is 5.52 Å². The molecule has 2 N–H and O–H groups in total. The Morgan fingerprint density at radius 3 is 2.52 bits per heavy atom. The highest BCUT2D eigenvalue weighted by molar-refractivity contribution is 5.92. The molecule has 0 aliphatic heterocycles. The average molecular weight is 276 g/mol. The molecule has 0 unspecified atom stereocenters. The Labute approximate surface area is 123 Å². The molecule has 3 rings (SSSR count). The van der Waals surface area contributed by atoms with E-state index in [1.165, 1.54) is 10.9 Å². The number of aromatic nitrogens is 1. The highest BCUT2D eigenvalue weighted by Gasteiger charge is 2.06. The van der Waals surface area contributed by atoms with Crippen molar-refractivity contribution in [2.75, 3.05) is 0 Å². The molecule has 0 bridgehead atoms. The molecule has 0 aliphatic rings. The van der Waals surface area contributed by atoms with Crippen LogP contribution in [0.5, 0.6) is 0 Å². The van der Waals surface area contributed by atoms with E-state index < -0.39 is 5.91 Å². The number of carbonyl (C=O) groups excluding carboxylic acids is 1. The molecule has 1 aromatic heterocycles. The molecule has 0 saturated heterocycles. The van der Waals surface area contributed by atoms with Crippen molar-refractivity contribution in [1.29, 1.82) is 0 Å². The molecular weight excluding hydrogens is 260 g/mol. The summed E-state index contributed by atoms with van der Waals surface area (Å²) in [4.78, 5) is 15.7. The number of amides is 1. The van der Waals surface area contributed by atoms with E-state index in [9.17, 15) is 4.79 Å². The first-order valence-electron chi connectivity index (χ1n) is 6.87. The SMILES string of the molecule is Cc1cc(Cc2ccc(C(N)=O)cc2)c2ccccc2n1. The van der Waals surface area contributed by atoms with E-state index in [1.807, 2.05) is 37.3 Å². The summed E-state index contributed by atoms with van der Waals surface area (Å²) in [6.45, 7) is 2.01. The minimum absolute atomic E-state index is 0.397. The molecule has 1 heterocycles. The number of nitrogens with zero attached hydrogens (tertiary/aromatic N) is 1. The van der Waals surface area contributed by atoms with Gasteiger partial charge in [-0.1, -0.05) is 30.3 Å². The largest absolute Gasteiger partial charge is 0.366 e. The lowest BCUT2D eigenvalue weighted by Gasteiger charge is -2.08. The zero-order valence-corrected chi connectivity index (χ0v) is 11.8. The quantitative estimate of drug-likeness (QED) is 0.798. The van der Waals surface area contributed by atoms with E-state index in [4.69, 9.17) is 5.73 Å². The fourth-order valence-corrected chi connectivity index (χ4v) is 2.55. The molecule has 3 heteroatoms. The lowest BCUT2D eigenvalue weighted by Crippen LogP contribution is -2.10. The van der Waals surface area contributed by atoms with Crippen LogP contribution in [0, 0.1) is 6.92 Å². The molecule has 0 radical (unpaired) electrons. The first-order chi connectivity index (χ1) is 10.1. The number of nitrogens with two attached hydrogens (primary N) is 1. The smallest absolute Gasteiger partial charge is 0.248 e. The summed E-state index contributed by atoms with van der Waals surface area (Å²) in [6.07, 6.45) is 0.808. The van der Waals surface area contributed by atoms with Crippen LogP contribution in [0.4, 0.5) is 0 Å². The van der Waals surface area contributed by atoms with E-state index in [0.717, 1.165) is 23.2 Å². The Morgan fingerprint density at radius 2 is 1.81 bits per heavy atom. The van der Waals surface area contributed by atoms with Crippen molar-refractivity contribution in [1.82, 2.24) is 4.98 Å². The number of hydrogen-bond donors (Lipinski definition) is 1. The number of benzene rings is 2. The van der Waals surface area contributed by atoms with Crippen LogP contribution in [0.2, 0.25) is 0 Å². The maximum Gasteiger partial charge on any atom is 0.248 e. The molecule has 104 valence electrons. The molecule has 0 fully saturated rings. The van der Waals surface area contributed by atoms with Gasteiger partial charge in [0, 0.05) is 16.6 Å². The van der Waals surface area contributed by atoms with Gasteiger partial charge in [0.25, 0.3) is 0 Å². The van der Waals surface area contributed by atoms with Crippen molar-refractivity contribution < 1.29 is 4.79 Å². The van der Waals surface area contributed by atoms with Gasteiger partial charge in [-0.15, -0.1) is 0 Å². The lowest BCUT2D eigenvalue weighted by molar-refractivity contribution is 0.100. The summed E-state index contributed by atoms with van der Waals surface area (Å²) in [6, 6.07) is 17.7. The van der Waals surface area contributed by atoms with Crippen LogP contribution in [0.1, 0.15) is 27.2 Å². The Hall–Kier alpha value is -2.68. The van der Waals surface area contributed by atoms with Crippen molar-refractivity contribution in [3.63, 3.8) is 0 Å². The molecule has 2 aromatic carbocycles. The topological polar surface area (TPSA) is 56.0 Å². The number of carbonyl (C=O) groups is 1. The highest BCUT2D eigenvalue weighted by Crippen LogP contribution is 2.21. The summed E-state index contributed by atoms with van der Waals surface area (Å²) in [5, 5.41) is 1.17. The summed E-state index contributed by atoms with van der Waals surface area (Å²) < 4.78 is 0. The van der Waals surface area contributed by atoms with Crippen molar-refractivity contribution in [3.8, 4) is 0 Å². The Morgan fingerprint density at radius 1 is 1.10 bits per heavy atom. The van der Waals surface area contributed by atoms with Crippen molar-refractivity contribution >= 4 is 16.8 Å². The number of fused-ring (bicyclic) bond motifs is 1. The zero-order chi connectivity index (χ0) is 14.8. The summed E-state index contributed by atoms with van der Waals surface area (Å²) in [5.41, 5.74) is 10.2.